The minimum atomic E-state index is -0.374. The minimum absolute atomic E-state index is 0.113. The fourth-order valence-electron chi connectivity index (χ4n) is 4.12. The second kappa shape index (κ2) is 11.4. The topological polar surface area (TPSA) is 95.6 Å². The van der Waals surface area contributed by atoms with Gasteiger partial charge in [-0.3, -0.25) is 9.48 Å². The van der Waals surface area contributed by atoms with Crippen LogP contribution in [0, 0.1) is 18.3 Å². The van der Waals surface area contributed by atoms with Gasteiger partial charge in [0.2, 0.25) is 5.91 Å². The third-order valence-electron chi connectivity index (χ3n) is 6.49. The summed E-state index contributed by atoms with van der Waals surface area (Å²) in [7, 11) is 1.91. The van der Waals surface area contributed by atoms with Gasteiger partial charge in [0.15, 0.2) is 0 Å². The number of benzene rings is 2. The molecule has 2 aromatic heterocycles. The minimum Gasteiger partial charge on any atom is -0.315 e. The van der Waals surface area contributed by atoms with Crippen LogP contribution < -0.4 is 10.6 Å². The van der Waals surface area contributed by atoms with Crippen LogP contribution in [0.5, 0.6) is 0 Å². The molecule has 1 amide bonds. The zero-order chi connectivity index (χ0) is 25.5. The van der Waals surface area contributed by atoms with Crippen molar-refractivity contribution in [3.05, 3.63) is 102 Å². The molecule has 0 saturated carbocycles. The van der Waals surface area contributed by atoms with Gasteiger partial charge >= 0.3 is 0 Å². The highest BCUT2D eigenvalue weighted by molar-refractivity contribution is 5.95. The average Bonchev–Trinajstić information content (AvgIpc) is 3.25. The van der Waals surface area contributed by atoms with Crippen LogP contribution in [0.15, 0.2) is 79.1 Å². The molecule has 7 heteroatoms. The van der Waals surface area contributed by atoms with Crippen LogP contribution in [0.3, 0.4) is 0 Å². The number of carbonyl (C=O) groups excluding carboxylic acids is 1. The predicted molar refractivity (Wildman–Crippen MR) is 141 cm³/mol. The maximum absolute atomic E-state index is 13.3. The monoisotopic (exact) mass is 478 g/mol. The number of aromatic nitrogens is 3. The van der Waals surface area contributed by atoms with E-state index in [4.69, 9.17) is 5.26 Å². The molecule has 36 heavy (non-hydrogen) atoms. The van der Waals surface area contributed by atoms with Gasteiger partial charge in [-0.25, -0.2) is 4.98 Å². The van der Waals surface area contributed by atoms with Gasteiger partial charge in [-0.2, -0.15) is 10.4 Å². The molecule has 0 radical (unpaired) electrons. The van der Waals surface area contributed by atoms with E-state index in [0.29, 0.717) is 24.5 Å². The van der Waals surface area contributed by atoms with E-state index in [0.717, 1.165) is 27.9 Å². The lowest BCUT2D eigenvalue weighted by Crippen LogP contribution is -2.32. The molecule has 0 spiro atoms. The molecule has 4 rings (SSSR count). The molecule has 4 aromatic rings. The summed E-state index contributed by atoms with van der Waals surface area (Å²) in [5.41, 5.74) is 5.77. The number of nitriles is 1. The fourth-order valence-corrected chi connectivity index (χ4v) is 4.12. The number of hydrogen-bond donors (Lipinski definition) is 2. The third-order valence-corrected chi connectivity index (χ3v) is 6.49. The van der Waals surface area contributed by atoms with Crippen LogP contribution in [-0.4, -0.2) is 33.8 Å². The summed E-state index contributed by atoms with van der Waals surface area (Å²) in [6.07, 6.45) is 3.58. The van der Waals surface area contributed by atoms with Gasteiger partial charge in [0.1, 0.15) is 5.82 Å². The first kappa shape index (κ1) is 24.8. The molecule has 182 valence electrons. The maximum Gasteiger partial charge on any atom is 0.234 e. The standard InChI is InChI=1S/C29H30N6O/c1-20(23-11-9-22(15-30)10-12-23)16-31-18-27(24-7-5-4-6-8-24)29(36)34-28-14-13-25(17-32-28)26-19-33-35(3)21(26)2/h4-14,17,19-20,27,31H,16,18H2,1-3H3,(H,32,34,36)/t20-,27?/m1/s1. The van der Waals surface area contributed by atoms with E-state index in [1.54, 1.807) is 6.20 Å². The molecule has 0 fully saturated rings. The molecule has 0 aliphatic carbocycles. The number of anilines is 1. The first-order chi connectivity index (χ1) is 17.5. The number of pyridine rings is 1. The van der Waals surface area contributed by atoms with E-state index < -0.39 is 0 Å². The Balaban J connectivity index is 1.42. The molecule has 1 unspecified atom stereocenters. The highest BCUT2D eigenvalue weighted by Gasteiger charge is 2.21. The summed E-state index contributed by atoms with van der Waals surface area (Å²) >= 11 is 0. The van der Waals surface area contributed by atoms with Crippen molar-refractivity contribution in [2.45, 2.75) is 25.7 Å². The van der Waals surface area contributed by atoms with Crippen molar-refractivity contribution in [1.29, 1.82) is 5.26 Å². The van der Waals surface area contributed by atoms with Gasteiger partial charge in [0.05, 0.1) is 23.7 Å². The quantitative estimate of drug-likeness (QED) is 0.361. The highest BCUT2D eigenvalue weighted by Crippen LogP contribution is 2.24. The molecule has 0 bridgehead atoms. The van der Waals surface area contributed by atoms with Gasteiger partial charge in [-0.1, -0.05) is 49.4 Å². The highest BCUT2D eigenvalue weighted by atomic mass is 16.2. The number of nitrogens with one attached hydrogen (secondary N) is 2. The van der Waals surface area contributed by atoms with Gasteiger partial charge in [0, 0.05) is 43.2 Å². The lowest BCUT2D eigenvalue weighted by Gasteiger charge is -2.20. The Kier molecular flexibility index (Phi) is 7.89. The average molecular weight is 479 g/mol. The van der Waals surface area contributed by atoms with E-state index in [1.807, 2.05) is 91.6 Å². The van der Waals surface area contributed by atoms with E-state index in [9.17, 15) is 4.79 Å². The summed E-state index contributed by atoms with van der Waals surface area (Å²) in [5.74, 6) is 0.262. The van der Waals surface area contributed by atoms with Crippen LogP contribution >= 0.6 is 0 Å². The van der Waals surface area contributed by atoms with E-state index in [2.05, 4.69) is 33.7 Å². The molecule has 2 N–H and O–H groups in total. The zero-order valence-electron chi connectivity index (χ0n) is 20.8. The van der Waals surface area contributed by atoms with Crippen molar-refractivity contribution >= 4 is 11.7 Å². The Morgan fingerprint density at radius 2 is 1.75 bits per heavy atom. The number of nitrogens with zero attached hydrogens (tertiary/aromatic N) is 4. The lowest BCUT2D eigenvalue weighted by molar-refractivity contribution is -0.117. The normalized spacial score (nSPS) is 12.5. The second-order valence-electron chi connectivity index (χ2n) is 8.95. The Morgan fingerprint density at radius 3 is 2.36 bits per heavy atom. The largest absolute Gasteiger partial charge is 0.315 e. The Hall–Kier alpha value is -4.28. The van der Waals surface area contributed by atoms with Crippen molar-refractivity contribution in [3.8, 4) is 17.2 Å². The Bertz CT molecular complexity index is 1340. The smallest absolute Gasteiger partial charge is 0.234 e. The Labute approximate surface area is 211 Å². The van der Waals surface area contributed by atoms with Crippen molar-refractivity contribution in [1.82, 2.24) is 20.1 Å². The molecule has 0 saturated heterocycles. The van der Waals surface area contributed by atoms with E-state index in [-0.39, 0.29) is 17.7 Å². The third kappa shape index (κ3) is 5.85. The predicted octanol–water partition coefficient (Wildman–Crippen LogP) is 4.78. The molecule has 0 aliphatic heterocycles. The van der Waals surface area contributed by atoms with Crippen molar-refractivity contribution in [2.75, 3.05) is 18.4 Å². The van der Waals surface area contributed by atoms with Gasteiger partial charge in [-0.15, -0.1) is 0 Å². The summed E-state index contributed by atoms with van der Waals surface area (Å²) in [6, 6.07) is 23.3. The van der Waals surface area contributed by atoms with Crippen LogP contribution in [-0.2, 0) is 11.8 Å². The first-order valence-electron chi connectivity index (χ1n) is 12.0. The number of amides is 1. The number of carbonyl (C=O) groups is 1. The fraction of sp³-hybridized carbons (Fsp3) is 0.241. The van der Waals surface area contributed by atoms with Crippen LogP contribution in [0.2, 0.25) is 0 Å². The second-order valence-corrected chi connectivity index (χ2v) is 8.95. The summed E-state index contributed by atoms with van der Waals surface area (Å²) < 4.78 is 1.82. The number of rotatable bonds is 9. The van der Waals surface area contributed by atoms with Crippen molar-refractivity contribution < 1.29 is 4.79 Å². The molecular formula is C29H30N6O. The van der Waals surface area contributed by atoms with Crippen LogP contribution in [0.4, 0.5) is 5.82 Å². The molecule has 7 nitrogen and oxygen atoms in total. The molecule has 2 aromatic carbocycles. The van der Waals surface area contributed by atoms with Gasteiger partial charge in [0.25, 0.3) is 0 Å². The van der Waals surface area contributed by atoms with Crippen LogP contribution in [0.25, 0.3) is 11.1 Å². The van der Waals surface area contributed by atoms with Crippen molar-refractivity contribution in [3.63, 3.8) is 0 Å². The maximum atomic E-state index is 13.3. The van der Waals surface area contributed by atoms with Gasteiger partial charge < -0.3 is 10.6 Å². The molecule has 0 aliphatic rings. The van der Waals surface area contributed by atoms with Crippen molar-refractivity contribution in [2.24, 2.45) is 7.05 Å². The van der Waals surface area contributed by atoms with E-state index >= 15 is 0 Å². The summed E-state index contributed by atoms with van der Waals surface area (Å²) in [6.45, 7) is 5.34. The number of hydrogen-bond acceptors (Lipinski definition) is 5. The molecule has 2 heterocycles. The zero-order valence-corrected chi connectivity index (χ0v) is 20.8. The SMILES string of the molecule is Cc1c(-c2ccc(NC(=O)C(CNC[C@@H](C)c3ccc(C#N)cc3)c3ccccc3)nc2)cnn1C. The lowest BCUT2D eigenvalue weighted by atomic mass is 9.96. The van der Waals surface area contributed by atoms with Crippen LogP contribution in [0.1, 0.15) is 41.1 Å². The first-order valence-corrected chi connectivity index (χ1v) is 12.0. The summed E-state index contributed by atoms with van der Waals surface area (Å²) in [5, 5.41) is 19.7. The van der Waals surface area contributed by atoms with Gasteiger partial charge in [-0.05, 0) is 48.2 Å². The van der Waals surface area contributed by atoms with E-state index in [1.165, 1.54) is 0 Å². The molecular weight excluding hydrogens is 448 g/mol. The Morgan fingerprint density at radius 1 is 1.00 bits per heavy atom. The molecule has 2 atom stereocenters. The number of aryl methyl sites for hydroxylation is 1. The summed E-state index contributed by atoms with van der Waals surface area (Å²) in [4.78, 5) is 17.8.